The fourth-order valence-electron chi connectivity index (χ4n) is 2.84. The number of hydrogen-bond donors (Lipinski definition) is 1. The second kappa shape index (κ2) is 7.69. The highest BCUT2D eigenvalue weighted by Crippen LogP contribution is 2.24. The normalized spacial score (nSPS) is 10.8. The molecule has 4 aromatic rings. The molecule has 7 nitrogen and oxygen atoms in total. The van der Waals surface area contributed by atoms with E-state index >= 15 is 0 Å². The Morgan fingerprint density at radius 1 is 1.11 bits per heavy atom. The summed E-state index contributed by atoms with van der Waals surface area (Å²) in [5.41, 5.74) is 3.64. The Labute approximate surface area is 167 Å². The van der Waals surface area contributed by atoms with E-state index in [0.717, 1.165) is 28.4 Å². The van der Waals surface area contributed by atoms with Gasteiger partial charge < -0.3 is 14.5 Å². The summed E-state index contributed by atoms with van der Waals surface area (Å²) in [4.78, 5) is 0.294. The van der Waals surface area contributed by atoms with E-state index in [9.17, 15) is 0 Å². The third-order valence-corrected chi connectivity index (χ3v) is 4.66. The Morgan fingerprint density at radius 2 is 1.86 bits per heavy atom. The highest BCUT2D eigenvalue weighted by Gasteiger charge is 2.16. The van der Waals surface area contributed by atoms with E-state index in [4.69, 9.17) is 21.4 Å². The van der Waals surface area contributed by atoms with Crippen molar-refractivity contribution >= 4 is 17.9 Å². The molecule has 0 atom stereocenters. The summed E-state index contributed by atoms with van der Waals surface area (Å²) in [6, 6.07) is 17.5. The van der Waals surface area contributed by atoms with Gasteiger partial charge in [0.15, 0.2) is 0 Å². The fraction of sp³-hybridized carbons (Fsp3) is 0.150. The number of nitrogens with one attached hydrogen (secondary N) is 1. The van der Waals surface area contributed by atoms with Crippen molar-refractivity contribution in [1.29, 1.82) is 0 Å². The zero-order chi connectivity index (χ0) is 19.5. The van der Waals surface area contributed by atoms with E-state index in [1.165, 1.54) is 0 Å². The largest absolute Gasteiger partial charge is 0.497 e. The van der Waals surface area contributed by atoms with Gasteiger partial charge in [0.2, 0.25) is 5.89 Å². The number of para-hydroxylation sites is 1. The number of rotatable bonds is 6. The van der Waals surface area contributed by atoms with Crippen molar-refractivity contribution in [3.63, 3.8) is 0 Å². The molecule has 2 aromatic carbocycles. The molecule has 0 saturated carbocycles. The number of nitrogens with zero attached hydrogens (tertiary/aromatic N) is 4. The number of ether oxygens (including phenoxy) is 1. The predicted molar refractivity (Wildman–Crippen MR) is 109 cm³/mol. The maximum Gasteiger partial charge on any atom is 0.289 e. The minimum absolute atomic E-state index is 0.294. The summed E-state index contributed by atoms with van der Waals surface area (Å²) < 4.78 is 14.3. The first-order valence-electron chi connectivity index (χ1n) is 8.72. The number of aromatic nitrogens is 4. The molecule has 0 radical (unpaired) electrons. The predicted octanol–water partition coefficient (Wildman–Crippen LogP) is 4.44. The molecule has 0 fully saturated rings. The van der Waals surface area contributed by atoms with Gasteiger partial charge in [-0.3, -0.25) is 0 Å². The van der Waals surface area contributed by atoms with Gasteiger partial charge >= 0.3 is 0 Å². The molecule has 2 aromatic heterocycles. The average molecular weight is 393 g/mol. The maximum absolute atomic E-state index is 5.71. The van der Waals surface area contributed by atoms with Crippen LogP contribution in [0.15, 0.2) is 65.2 Å². The minimum Gasteiger partial charge on any atom is -0.497 e. The fourth-order valence-corrected chi connectivity index (χ4v) is 3.02. The Balaban J connectivity index is 1.54. The zero-order valence-electron chi connectivity index (χ0n) is 15.5. The lowest BCUT2D eigenvalue weighted by atomic mass is 10.2. The number of anilines is 1. The van der Waals surface area contributed by atoms with E-state index in [-0.39, 0.29) is 0 Å². The van der Waals surface area contributed by atoms with Gasteiger partial charge in [-0.05, 0) is 55.5 Å². The van der Waals surface area contributed by atoms with Crippen LogP contribution < -0.4 is 10.1 Å². The molecule has 0 spiro atoms. The Bertz CT molecular complexity index is 1130. The summed E-state index contributed by atoms with van der Waals surface area (Å²) in [6.07, 6.45) is 1.74. The van der Waals surface area contributed by atoms with Gasteiger partial charge in [-0.25, -0.2) is 9.36 Å². The molecule has 0 saturated heterocycles. The highest BCUT2D eigenvalue weighted by molar-refractivity contribution is 7.71. The van der Waals surface area contributed by atoms with E-state index in [1.807, 2.05) is 66.2 Å². The molecule has 2 heterocycles. The van der Waals surface area contributed by atoms with Crippen LogP contribution in [0.4, 0.5) is 5.69 Å². The van der Waals surface area contributed by atoms with Gasteiger partial charge in [0, 0.05) is 5.69 Å². The van der Waals surface area contributed by atoms with Crippen molar-refractivity contribution in [2.24, 2.45) is 0 Å². The van der Waals surface area contributed by atoms with Gasteiger partial charge in [-0.2, -0.15) is 5.10 Å². The van der Waals surface area contributed by atoms with Crippen LogP contribution in [-0.4, -0.2) is 26.7 Å². The van der Waals surface area contributed by atoms with Crippen LogP contribution in [0.1, 0.15) is 5.69 Å². The van der Waals surface area contributed by atoms with E-state index < -0.39 is 0 Å². The third-order valence-electron chi connectivity index (χ3n) is 4.37. The van der Waals surface area contributed by atoms with Gasteiger partial charge in [-0.15, -0.1) is 5.10 Å². The van der Waals surface area contributed by atoms with Gasteiger partial charge in [0.05, 0.1) is 30.3 Å². The molecular weight excluding hydrogens is 374 g/mol. The van der Waals surface area contributed by atoms with Crippen molar-refractivity contribution in [3.05, 3.63) is 71.3 Å². The van der Waals surface area contributed by atoms with Gasteiger partial charge in [0.1, 0.15) is 12.4 Å². The van der Waals surface area contributed by atoms with Crippen molar-refractivity contribution < 1.29 is 9.15 Å². The third kappa shape index (κ3) is 3.54. The molecule has 142 valence electrons. The zero-order valence-corrected chi connectivity index (χ0v) is 16.3. The summed E-state index contributed by atoms with van der Waals surface area (Å²) >= 11 is 5.32. The molecule has 1 N–H and O–H groups in total. The minimum atomic E-state index is 0.294. The molecule has 0 aliphatic heterocycles. The smallest absolute Gasteiger partial charge is 0.289 e. The van der Waals surface area contributed by atoms with Gasteiger partial charge in [0.25, 0.3) is 4.84 Å². The molecule has 28 heavy (non-hydrogen) atoms. The van der Waals surface area contributed by atoms with Crippen LogP contribution in [0.25, 0.3) is 17.1 Å². The molecule has 0 aliphatic rings. The van der Waals surface area contributed by atoms with E-state index in [0.29, 0.717) is 17.4 Å². The number of benzene rings is 2. The van der Waals surface area contributed by atoms with Crippen molar-refractivity contribution in [3.8, 4) is 22.9 Å². The second-order valence-corrected chi connectivity index (χ2v) is 6.48. The summed E-state index contributed by atoms with van der Waals surface area (Å²) in [5.74, 6) is 1.25. The average Bonchev–Trinajstić information content (AvgIpc) is 3.29. The van der Waals surface area contributed by atoms with Gasteiger partial charge in [-0.1, -0.05) is 18.2 Å². The summed E-state index contributed by atoms with van der Waals surface area (Å²) in [6.45, 7) is 2.36. The lowest BCUT2D eigenvalue weighted by Crippen LogP contribution is -2.09. The van der Waals surface area contributed by atoms with Crippen LogP contribution in [0, 0.1) is 11.8 Å². The molecule has 0 bridgehead atoms. The lowest BCUT2D eigenvalue weighted by Gasteiger charge is -2.06. The second-order valence-electron chi connectivity index (χ2n) is 6.13. The first kappa shape index (κ1) is 18.0. The summed E-state index contributed by atoms with van der Waals surface area (Å²) in [7, 11) is 1.64. The monoisotopic (exact) mass is 393 g/mol. The number of hydrogen-bond acceptors (Lipinski definition) is 6. The molecule has 4 rings (SSSR count). The molecule has 0 amide bonds. The van der Waals surface area contributed by atoms with Crippen molar-refractivity contribution in [2.75, 3.05) is 12.4 Å². The lowest BCUT2D eigenvalue weighted by molar-refractivity contribution is 0.415. The highest BCUT2D eigenvalue weighted by atomic mass is 32.1. The molecule has 0 unspecified atom stereocenters. The first-order chi connectivity index (χ1) is 13.7. The van der Waals surface area contributed by atoms with Crippen LogP contribution in [0.5, 0.6) is 5.75 Å². The number of methoxy groups -OCH3 is 1. The standard InChI is InChI=1S/C20H19N5O2S/c1-14-18(12-22-25(14)16-6-4-3-5-7-16)19-23-24(20(28)27-19)13-21-15-8-10-17(26-2)11-9-15/h3-12,21H,13H2,1-2H3. The van der Waals surface area contributed by atoms with E-state index in [1.54, 1.807) is 18.0 Å². The van der Waals surface area contributed by atoms with E-state index in [2.05, 4.69) is 15.5 Å². The topological polar surface area (TPSA) is 70.0 Å². The Morgan fingerprint density at radius 3 is 2.57 bits per heavy atom. The van der Waals surface area contributed by atoms with Crippen molar-refractivity contribution in [1.82, 2.24) is 19.6 Å². The Hall–Kier alpha value is -3.39. The quantitative estimate of drug-likeness (QED) is 0.488. The molecule has 8 heteroatoms. The SMILES string of the molecule is COc1ccc(NCn2nc(-c3cnn(-c4ccccc4)c3C)oc2=S)cc1. The maximum atomic E-state index is 5.71. The summed E-state index contributed by atoms with van der Waals surface area (Å²) in [5, 5.41) is 12.2. The Kier molecular flexibility index (Phi) is 4.94. The van der Waals surface area contributed by atoms with Crippen LogP contribution in [0.3, 0.4) is 0 Å². The first-order valence-corrected chi connectivity index (χ1v) is 9.13. The van der Waals surface area contributed by atoms with Crippen LogP contribution in [0.2, 0.25) is 0 Å². The molecular formula is C20H19N5O2S. The van der Waals surface area contributed by atoms with Crippen LogP contribution >= 0.6 is 12.2 Å². The van der Waals surface area contributed by atoms with Crippen molar-refractivity contribution in [2.45, 2.75) is 13.6 Å². The van der Waals surface area contributed by atoms with Crippen LogP contribution in [-0.2, 0) is 6.67 Å². The molecule has 0 aliphatic carbocycles.